The van der Waals surface area contributed by atoms with Crippen LogP contribution in [-0.2, 0) is 4.79 Å². The maximum Gasteiger partial charge on any atom is 0.150 e. The van der Waals surface area contributed by atoms with Crippen molar-refractivity contribution in [2.24, 2.45) is 0 Å². The van der Waals surface area contributed by atoms with E-state index in [1.165, 1.54) is 12.1 Å². The van der Waals surface area contributed by atoms with Gasteiger partial charge in [0.25, 0.3) is 0 Å². The normalized spacial score (nSPS) is 11.2. The molecule has 2 rings (SSSR count). The Kier molecular flexibility index (Phi) is 3.40. The van der Waals surface area contributed by atoms with Gasteiger partial charge in [0.05, 0.1) is 0 Å². The smallest absolute Gasteiger partial charge is 0.150 e. The van der Waals surface area contributed by atoms with E-state index < -0.39 is 0 Å². The highest BCUT2D eigenvalue weighted by molar-refractivity contribution is 6.13. The van der Waals surface area contributed by atoms with Gasteiger partial charge in [-0.15, -0.1) is 0 Å². The van der Waals surface area contributed by atoms with Crippen LogP contribution in [0.1, 0.15) is 11.1 Å². The predicted molar refractivity (Wildman–Crippen MR) is 64.6 cm³/mol. The lowest BCUT2D eigenvalue weighted by atomic mass is 10.0. The fourth-order valence-corrected chi connectivity index (χ4v) is 1.47. The zero-order valence-electron chi connectivity index (χ0n) is 9.01. The van der Waals surface area contributed by atoms with Gasteiger partial charge in [0.1, 0.15) is 5.82 Å². The maximum atomic E-state index is 12.8. The van der Waals surface area contributed by atoms with Crippen molar-refractivity contribution in [3.63, 3.8) is 0 Å². The summed E-state index contributed by atoms with van der Waals surface area (Å²) < 4.78 is 12.8. The molecule has 84 valence electrons. The summed E-state index contributed by atoms with van der Waals surface area (Å²) in [5.41, 5.74) is 2.08. The lowest BCUT2D eigenvalue weighted by Crippen LogP contribution is -1.86. The van der Waals surface area contributed by atoms with Crippen molar-refractivity contribution in [2.45, 2.75) is 0 Å². The van der Waals surface area contributed by atoms with Gasteiger partial charge in [-0.25, -0.2) is 4.39 Å². The summed E-state index contributed by atoms with van der Waals surface area (Å²) in [4.78, 5) is 14.9. The van der Waals surface area contributed by atoms with Gasteiger partial charge in [0, 0.05) is 18.0 Å². The van der Waals surface area contributed by atoms with Crippen LogP contribution in [0.3, 0.4) is 0 Å². The summed E-state index contributed by atoms with van der Waals surface area (Å²) in [6.07, 6.45) is 5.80. The van der Waals surface area contributed by atoms with Gasteiger partial charge in [-0.1, -0.05) is 12.1 Å². The number of halogens is 1. The second kappa shape index (κ2) is 5.16. The van der Waals surface area contributed by atoms with Gasteiger partial charge < -0.3 is 0 Å². The Morgan fingerprint density at radius 1 is 1.06 bits per heavy atom. The number of hydrogen-bond donors (Lipinski definition) is 0. The molecule has 3 heteroatoms. The predicted octanol–water partition coefficient (Wildman–Crippen LogP) is 2.96. The van der Waals surface area contributed by atoms with E-state index in [1.54, 1.807) is 42.7 Å². The molecule has 0 aliphatic rings. The molecule has 0 atom stereocenters. The minimum Gasteiger partial charge on any atom is -0.298 e. The second-order valence-electron chi connectivity index (χ2n) is 3.50. The third kappa shape index (κ3) is 2.84. The van der Waals surface area contributed by atoms with Crippen molar-refractivity contribution in [3.8, 4) is 0 Å². The van der Waals surface area contributed by atoms with Gasteiger partial charge >= 0.3 is 0 Å². The molecule has 1 aromatic heterocycles. The quantitative estimate of drug-likeness (QED) is 0.596. The average molecular weight is 227 g/mol. The highest BCUT2D eigenvalue weighted by atomic mass is 19.1. The van der Waals surface area contributed by atoms with E-state index in [4.69, 9.17) is 0 Å². The molecule has 1 heterocycles. The molecule has 17 heavy (non-hydrogen) atoms. The number of aromatic nitrogens is 1. The largest absolute Gasteiger partial charge is 0.298 e. The highest BCUT2D eigenvalue weighted by Gasteiger charge is 2.00. The third-order valence-corrected chi connectivity index (χ3v) is 2.33. The molecule has 0 unspecified atom stereocenters. The number of nitrogens with zero attached hydrogens (tertiary/aromatic N) is 1. The molecule has 0 aliphatic carbocycles. The Labute approximate surface area is 98.4 Å². The zero-order valence-corrected chi connectivity index (χ0v) is 9.01. The summed E-state index contributed by atoms with van der Waals surface area (Å²) >= 11 is 0. The molecule has 0 bridgehead atoms. The van der Waals surface area contributed by atoms with Gasteiger partial charge in [0.15, 0.2) is 6.29 Å². The van der Waals surface area contributed by atoms with Crippen LogP contribution in [0.2, 0.25) is 0 Å². The topological polar surface area (TPSA) is 30.0 Å². The van der Waals surface area contributed by atoms with E-state index >= 15 is 0 Å². The average Bonchev–Trinajstić information content (AvgIpc) is 2.38. The van der Waals surface area contributed by atoms with Crippen molar-refractivity contribution in [3.05, 3.63) is 65.7 Å². The second-order valence-corrected chi connectivity index (χ2v) is 3.50. The molecule has 0 spiro atoms. The molecular weight excluding hydrogens is 217 g/mol. The minimum absolute atomic E-state index is 0.317. The number of hydrogen-bond acceptors (Lipinski definition) is 2. The van der Waals surface area contributed by atoms with Crippen LogP contribution in [0.5, 0.6) is 0 Å². The van der Waals surface area contributed by atoms with E-state index in [9.17, 15) is 9.18 Å². The number of pyridine rings is 1. The Balaban J connectivity index is 2.37. The molecular formula is C14H10FNO. The van der Waals surface area contributed by atoms with Crippen molar-refractivity contribution in [1.29, 1.82) is 0 Å². The molecule has 0 saturated carbocycles. The van der Waals surface area contributed by atoms with Gasteiger partial charge in [-0.05, 0) is 41.5 Å². The summed E-state index contributed by atoms with van der Waals surface area (Å²) in [5.74, 6) is -0.317. The Bertz CT molecular complexity index is 532. The fourth-order valence-electron chi connectivity index (χ4n) is 1.47. The molecule has 0 N–H and O–H groups in total. The van der Waals surface area contributed by atoms with Crippen LogP contribution >= 0.6 is 0 Å². The first kappa shape index (κ1) is 11.2. The fraction of sp³-hybridized carbons (Fsp3) is 0. The van der Waals surface area contributed by atoms with Crippen LogP contribution in [0.15, 0.2) is 48.8 Å². The van der Waals surface area contributed by atoms with E-state index in [-0.39, 0.29) is 5.82 Å². The molecule has 0 amide bonds. The van der Waals surface area contributed by atoms with Crippen molar-refractivity contribution in [2.75, 3.05) is 0 Å². The summed E-state index contributed by atoms with van der Waals surface area (Å²) in [6, 6.07) is 9.42. The number of allylic oxidation sites excluding steroid dienone is 1. The summed E-state index contributed by atoms with van der Waals surface area (Å²) in [7, 11) is 0. The molecule has 2 nitrogen and oxygen atoms in total. The summed E-state index contributed by atoms with van der Waals surface area (Å²) in [6.45, 7) is 0. The molecule has 0 radical (unpaired) electrons. The Morgan fingerprint density at radius 3 is 2.29 bits per heavy atom. The first-order valence-corrected chi connectivity index (χ1v) is 5.12. The third-order valence-electron chi connectivity index (χ3n) is 2.33. The molecule has 1 aromatic carbocycles. The number of carbonyl (C=O) groups excluding carboxylic acids is 1. The lowest BCUT2D eigenvalue weighted by Gasteiger charge is -2.00. The van der Waals surface area contributed by atoms with Crippen molar-refractivity contribution in [1.82, 2.24) is 4.98 Å². The van der Waals surface area contributed by atoms with Crippen LogP contribution in [0.4, 0.5) is 4.39 Å². The van der Waals surface area contributed by atoms with Crippen LogP contribution in [-0.4, -0.2) is 11.3 Å². The Morgan fingerprint density at radius 2 is 1.71 bits per heavy atom. The highest BCUT2D eigenvalue weighted by Crippen LogP contribution is 2.16. The van der Waals surface area contributed by atoms with Crippen molar-refractivity contribution >= 4 is 17.9 Å². The van der Waals surface area contributed by atoms with Gasteiger partial charge in [-0.3, -0.25) is 9.78 Å². The molecule has 0 aliphatic heterocycles. The number of aldehydes is 1. The molecule has 2 aromatic rings. The summed E-state index contributed by atoms with van der Waals surface area (Å²) in [5, 5.41) is 0. The van der Waals surface area contributed by atoms with Gasteiger partial charge in [-0.2, -0.15) is 0 Å². The maximum absolute atomic E-state index is 12.8. The van der Waals surface area contributed by atoms with Crippen LogP contribution in [0.25, 0.3) is 11.6 Å². The van der Waals surface area contributed by atoms with Crippen LogP contribution < -0.4 is 0 Å². The first-order valence-electron chi connectivity index (χ1n) is 5.12. The van der Waals surface area contributed by atoms with Crippen molar-refractivity contribution < 1.29 is 9.18 Å². The number of carbonyl (C=O) groups is 1. The van der Waals surface area contributed by atoms with E-state index in [2.05, 4.69) is 4.98 Å². The van der Waals surface area contributed by atoms with E-state index in [1.807, 2.05) is 0 Å². The van der Waals surface area contributed by atoms with Gasteiger partial charge in [0.2, 0.25) is 0 Å². The first-order chi connectivity index (χ1) is 8.29. The minimum atomic E-state index is -0.317. The molecule has 0 saturated heterocycles. The van der Waals surface area contributed by atoms with Crippen LogP contribution in [0, 0.1) is 5.82 Å². The lowest BCUT2D eigenvalue weighted by molar-refractivity contribution is -0.103. The molecule has 0 fully saturated rings. The standard InChI is InChI=1S/C14H10FNO/c15-14-3-1-12(2-4-14)13(10-17)9-11-5-7-16-8-6-11/h1-10H. The zero-order chi connectivity index (χ0) is 12.1. The Hall–Kier alpha value is -2.29. The van der Waals surface area contributed by atoms with E-state index in [0.717, 1.165) is 11.8 Å². The number of benzene rings is 1. The SMILES string of the molecule is O=CC(=Cc1ccncc1)c1ccc(F)cc1. The number of rotatable bonds is 3. The van der Waals surface area contributed by atoms with E-state index in [0.29, 0.717) is 11.1 Å². The monoisotopic (exact) mass is 227 g/mol.